The molecule has 220 valence electrons. The van der Waals surface area contributed by atoms with E-state index in [1.165, 1.54) is 89.9 Å². The van der Waals surface area contributed by atoms with Crippen molar-refractivity contribution in [2.75, 3.05) is 13.2 Å². The molecule has 2 N–H and O–H groups in total. The number of hydrogen-bond acceptors (Lipinski definition) is 3. The Hall–Kier alpha value is 0.603. The summed E-state index contributed by atoms with van der Waals surface area (Å²) < 4.78 is 8.34. The van der Waals surface area contributed by atoms with Crippen molar-refractivity contribution in [3.8, 4) is 0 Å². The van der Waals surface area contributed by atoms with Gasteiger partial charge in [-0.25, -0.2) is 0 Å². The van der Waals surface area contributed by atoms with Crippen LogP contribution < -0.4 is 0 Å². The van der Waals surface area contributed by atoms with E-state index in [0.29, 0.717) is 61.6 Å². The zero-order valence-corrected chi connectivity index (χ0v) is 28.7. The normalized spacial score (nSPS) is 13.2. The van der Waals surface area contributed by atoms with Gasteiger partial charge in [-0.05, 0) is 24.7 Å². The fraction of sp³-hybridized carbons (Fsp3) is 0.938. The number of unbranched alkanes of at least 4 members (excludes halogenated alkanes) is 4. The monoisotopic (exact) mass is 592 g/mol. The van der Waals surface area contributed by atoms with E-state index >= 15 is 0 Å². The summed E-state index contributed by atoms with van der Waals surface area (Å²) in [4.78, 5) is 0. The Balaban J connectivity index is -0.000000116. The van der Waals surface area contributed by atoms with Crippen LogP contribution in [0.4, 0.5) is 0 Å². The van der Waals surface area contributed by atoms with Crippen LogP contribution in [-0.2, 0) is 27.5 Å². The molecule has 0 aliphatic carbocycles. The van der Waals surface area contributed by atoms with Crippen molar-refractivity contribution in [3.05, 3.63) is 13.8 Å². The van der Waals surface area contributed by atoms with Crippen LogP contribution in [0.2, 0.25) is 0 Å². The van der Waals surface area contributed by atoms with Gasteiger partial charge >= 0.3 is 27.5 Å². The average Bonchev–Trinajstić information content (AvgIpc) is 2.93. The second-order valence-electron chi connectivity index (χ2n) is 10.0. The molecule has 0 amide bonds. The summed E-state index contributed by atoms with van der Waals surface area (Å²) >= 11 is 0.300. The zero-order valence-electron chi connectivity index (χ0n) is 26.3. The fourth-order valence-corrected chi connectivity index (χ4v) is 3.23. The van der Waals surface area contributed by atoms with E-state index in [-0.39, 0.29) is 0 Å². The molecule has 0 aliphatic rings. The molecular weight excluding hydrogens is 524 g/mol. The quantitative estimate of drug-likeness (QED) is 0.155. The van der Waals surface area contributed by atoms with Gasteiger partial charge in [0.1, 0.15) is 0 Å². The third kappa shape index (κ3) is 47.8. The molecule has 0 aromatic rings. The van der Waals surface area contributed by atoms with E-state index < -0.39 is 0 Å². The first-order chi connectivity index (χ1) is 17.3. The Morgan fingerprint density at radius 1 is 0.500 bits per heavy atom. The van der Waals surface area contributed by atoms with Crippen molar-refractivity contribution >= 4 is 0 Å². The van der Waals surface area contributed by atoms with E-state index in [2.05, 4.69) is 69.2 Å². The summed E-state index contributed by atoms with van der Waals surface area (Å²) in [6.45, 7) is 26.2. The van der Waals surface area contributed by atoms with Crippen molar-refractivity contribution < 1.29 is 37.7 Å². The van der Waals surface area contributed by atoms with Gasteiger partial charge in [-0.1, -0.05) is 145 Å². The maximum atomic E-state index is 8.75. The molecule has 0 heterocycles. The molecule has 4 atom stereocenters. The zero-order chi connectivity index (χ0) is 29.0. The molecule has 4 unspecified atom stereocenters. The number of hydrogen-bond donors (Lipinski definition) is 2. The van der Waals surface area contributed by atoms with Crippen LogP contribution >= 0.6 is 0 Å². The van der Waals surface area contributed by atoms with Crippen molar-refractivity contribution in [3.63, 3.8) is 0 Å². The Labute approximate surface area is 245 Å². The van der Waals surface area contributed by atoms with Gasteiger partial charge in [-0.2, -0.15) is 11.8 Å². The first-order valence-corrected chi connectivity index (χ1v) is 16.4. The van der Waals surface area contributed by atoms with Crippen molar-refractivity contribution in [1.82, 2.24) is 0 Å². The van der Waals surface area contributed by atoms with Crippen LogP contribution in [0, 0.1) is 37.5 Å². The fourth-order valence-electron chi connectivity index (χ4n) is 3.23. The topological polar surface area (TPSA) is 57.5 Å². The summed E-state index contributed by atoms with van der Waals surface area (Å²) in [7, 11) is 0. The summed E-state index contributed by atoms with van der Waals surface area (Å²) in [6.07, 6.45) is 20.1. The Kier molecular flexibility index (Phi) is 58.7. The third-order valence-electron chi connectivity index (χ3n) is 6.69. The predicted molar refractivity (Wildman–Crippen MR) is 159 cm³/mol. The number of aliphatic hydroxyl groups excluding tert-OH is 2. The van der Waals surface area contributed by atoms with E-state index in [0.717, 1.165) is 12.8 Å². The Morgan fingerprint density at radius 3 is 0.917 bits per heavy atom. The van der Waals surface area contributed by atoms with Gasteiger partial charge in [0.05, 0.1) is 0 Å². The molecule has 0 bridgehead atoms. The van der Waals surface area contributed by atoms with Gasteiger partial charge in [-0.3, -0.25) is 0 Å². The van der Waals surface area contributed by atoms with Gasteiger partial charge < -0.3 is 24.1 Å². The minimum atomic E-state index is 0.300. The second kappa shape index (κ2) is 45.5. The van der Waals surface area contributed by atoms with Crippen LogP contribution in [0.25, 0.3) is 0 Å². The van der Waals surface area contributed by atoms with Crippen molar-refractivity contribution in [2.45, 2.75) is 158 Å². The number of aliphatic hydroxyl groups is 2. The van der Waals surface area contributed by atoms with Crippen LogP contribution in [0.1, 0.15) is 158 Å². The Bertz CT molecular complexity index is 291. The predicted octanol–water partition coefficient (Wildman–Crippen LogP) is 10.3. The molecule has 36 heavy (non-hydrogen) atoms. The maximum absolute atomic E-state index is 8.75. The van der Waals surface area contributed by atoms with Gasteiger partial charge in [0, 0.05) is 13.2 Å². The van der Waals surface area contributed by atoms with E-state index in [9.17, 15) is 0 Å². The first kappa shape index (κ1) is 46.5. The molecule has 0 saturated heterocycles. The van der Waals surface area contributed by atoms with E-state index in [1.54, 1.807) is 0 Å². The molecule has 0 radical (unpaired) electrons. The molecular formula is C32H70O3Zr. The summed E-state index contributed by atoms with van der Waals surface area (Å²) in [5.74, 6) is 2.53. The average molecular weight is 594 g/mol. The van der Waals surface area contributed by atoms with E-state index in [1.807, 2.05) is 0 Å². The molecule has 0 aliphatic heterocycles. The minimum absolute atomic E-state index is 0.300. The van der Waals surface area contributed by atoms with Gasteiger partial charge in [-0.15, -0.1) is 0 Å². The standard InChI is InChI=1S/2C8H18O.2C8H17.O.Zr/c2*1-3-5-6-8(4-2)7-9;2*1-4-6-7-8(3)5-2;;/h2*8-9H,3-7H2,1-2H3;2*8H,3-7H2,1-2H3;;/q;;2*-1;;+2. The summed E-state index contributed by atoms with van der Waals surface area (Å²) in [5, 5.41) is 17.5. The first-order valence-electron chi connectivity index (χ1n) is 15.4. The molecule has 0 fully saturated rings. The molecule has 3 nitrogen and oxygen atoms in total. The van der Waals surface area contributed by atoms with Gasteiger partial charge in [0.15, 0.2) is 0 Å². The summed E-state index contributed by atoms with van der Waals surface area (Å²) in [5.41, 5.74) is 0. The second-order valence-corrected chi connectivity index (χ2v) is 10.0. The van der Waals surface area contributed by atoms with Gasteiger partial charge in [0.2, 0.25) is 0 Å². The Morgan fingerprint density at radius 2 is 0.750 bits per heavy atom. The molecule has 0 rings (SSSR count). The van der Waals surface area contributed by atoms with Crippen molar-refractivity contribution in [2.24, 2.45) is 23.7 Å². The summed E-state index contributed by atoms with van der Waals surface area (Å²) in [6, 6.07) is 0. The molecule has 4 heteroatoms. The van der Waals surface area contributed by atoms with Crippen molar-refractivity contribution in [1.29, 1.82) is 0 Å². The van der Waals surface area contributed by atoms with Crippen LogP contribution in [0.15, 0.2) is 0 Å². The third-order valence-corrected chi connectivity index (χ3v) is 6.69. The van der Waals surface area contributed by atoms with E-state index in [4.69, 9.17) is 13.0 Å². The van der Waals surface area contributed by atoms with Crippen LogP contribution in [0.3, 0.4) is 0 Å². The molecule has 0 aromatic carbocycles. The molecule has 0 spiro atoms. The molecule has 0 aromatic heterocycles. The number of rotatable bonds is 18. The van der Waals surface area contributed by atoms with Crippen LogP contribution in [0.5, 0.6) is 0 Å². The molecule has 0 saturated carbocycles. The SMILES string of the molecule is CCCCC(CC)CO.CCCCC(CC)CO.[CH2-]C(CC)CCCC.[CH2-]C(CC)CCCC.[O]=[Zr+2]. The van der Waals surface area contributed by atoms with Gasteiger partial charge in [0.25, 0.3) is 0 Å². The van der Waals surface area contributed by atoms with Crippen LogP contribution in [-0.4, -0.2) is 23.4 Å².